The Morgan fingerprint density at radius 1 is 1.37 bits per heavy atom. The molecule has 19 heavy (non-hydrogen) atoms. The number of nitrogens with one attached hydrogen (secondary N) is 2. The van der Waals surface area contributed by atoms with Crippen molar-refractivity contribution in [1.82, 2.24) is 20.4 Å². The van der Waals surface area contributed by atoms with Crippen molar-refractivity contribution < 1.29 is 4.79 Å². The highest BCUT2D eigenvalue weighted by molar-refractivity contribution is 5.82. The van der Waals surface area contributed by atoms with Crippen LogP contribution in [0.15, 0.2) is 0 Å². The molecule has 2 rings (SSSR count). The molecule has 2 aliphatic rings. The van der Waals surface area contributed by atoms with Gasteiger partial charge in [-0.25, -0.2) is 0 Å². The fourth-order valence-corrected chi connectivity index (χ4v) is 3.05. The van der Waals surface area contributed by atoms with E-state index in [2.05, 4.69) is 41.5 Å². The quantitative estimate of drug-likeness (QED) is 0.740. The lowest BCUT2D eigenvalue weighted by Crippen LogP contribution is -2.57. The molecule has 0 aliphatic carbocycles. The zero-order valence-electron chi connectivity index (χ0n) is 12.5. The topological polar surface area (TPSA) is 47.6 Å². The van der Waals surface area contributed by atoms with E-state index < -0.39 is 0 Å². The molecule has 2 aliphatic heterocycles. The number of hydrogen-bond donors (Lipinski definition) is 2. The first-order valence-electron chi connectivity index (χ1n) is 7.48. The third kappa shape index (κ3) is 3.91. The van der Waals surface area contributed by atoms with E-state index in [1.807, 2.05) is 0 Å². The van der Waals surface area contributed by atoms with Gasteiger partial charge in [0, 0.05) is 32.2 Å². The number of nitrogens with zero attached hydrogens (tertiary/aromatic N) is 2. The molecular weight excluding hydrogens is 240 g/mol. The van der Waals surface area contributed by atoms with Crippen LogP contribution >= 0.6 is 0 Å². The van der Waals surface area contributed by atoms with Crippen molar-refractivity contribution in [3.63, 3.8) is 0 Å². The molecule has 5 nitrogen and oxygen atoms in total. The first-order valence-corrected chi connectivity index (χ1v) is 7.48. The second-order valence-corrected chi connectivity index (χ2v) is 6.19. The molecule has 3 atom stereocenters. The SMILES string of the molecule is CC1CCCNC1C(=O)NCC1CN(C)CCN1C. The summed E-state index contributed by atoms with van der Waals surface area (Å²) in [6.07, 6.45) is 2.33. The Kier molecular flexibility index (Phi) is 5.19. The van der Waals surface area contributed by atoms with Crippen LogP contribution in [0.2, 0.25) is 0 Å². The van der Waals surface area contributed by atoms with Crippen molar-refractivity contribution in [2.24, 2.45) is 5.92 Å². The average Bonchev–Trinajstić information content (AvgIpc) is 2.40. The molecule has 2 N–H and O–H groups in total. The van der Waals surface area contributed by atoms with E-state index in [9.17, 15) is 4.79 Å². The molecule has 5 heteroatoms. The van der Waals surface area contributed by atoms with Crippen molar-refractivity contribution in [2.75, 3.05) is 46.8 Å². The van der Waals surface area contributed by atoms with Gasteiger partial charge in [0.05, 0.1) is 6.04 Å². The lowest BCUT2D eigenvalue weighted by molar-refractivity contribution is -0.125. The third-order valence-electron chi connectivity index (χ3n) is 4.54. The first-order chi connectivity index (χ1) is 9.08. The minimum Gasteiger partial charge on any atom is -0.353 e. The van der Waals surface area contributed by atoms with Crippen LogP contribution in [0.4, 0.5) is 0 Å². The van der Waals surface area contributed by atoms with Crippen LogP contribution in [0.1, 0.15) is 19.8 Å². The van der Waals surface area contributed by atoms with Gasteiger partial charge in [-0.3, -0.25) is 9.69 Å². The van der Waals surface area contributed by atoms with Gasteiger partial charge in [0.25, 0.3) is 0 Å². The number of carbonyl (C=O) groups excluding carboxylic acids is 1. The van der Waals surface area contributed by atoms with Crippen LogP contribution in [-0.4, -0.2) is 74.6 Å². The largest absolute Gasteiger partial charge is 0.353 e. The Balaban J connectivity index is 1.79. The molecular formula is C14H28N4O. The second kappa shape index (κ2) is 6.68. The van der Waals surface area contributed by atoms with Crippen LogP contribution in [-0.2, 0) is 4.79 Å². The van der Waals surface area contributed by atoms with E-state index in [1.165, 1.54) is 6.42 Å². The van der Waals surface area contributed by atoms with Crippen molar-refractivity contribution in [1.29, 1.82) is 0 Å². The van der Waals surface area contributed by atoms with Crippen LogP contribution in [0.3, 0.4) is 0 Å². The van der Waals surface area contributed by atoms with E-state index >= 15 is 0 Å². The maximum Gasteiger partial charge on any atom is 0.237 e. The molecule has 0 saturated carbocycles. The van der Waals surface area contributed by atoms with E-state index in [-0.39, 0.29) is 11.9 Å². The number of likely N-dealkylation sites (N-methyl/N-ethyl adjacent to an activating group) is 2. The van der Waals surface area contributed by atoms with Crippen LogP contribution in [0.5, 0.6) is 0 Å². The molecule has 0 bridgehead atoms. The summed E-state index contributed by atoms with van der Waals surface area (Å²) in [5, 5.41) is 6.47. The number of piperazine rings is 1. The smallest absolute Gasteiger partial charge is 0.237 e. The molecule has 0 spiro atoms. The molecule has 1 amide bonds. The Morgan fingerprint density at radius 2 is 2.16 bits per heavy atom. The Morgan fingerprint density at radius 3 is 2.89 bits per heavy atom. The van der Waals surface area contributed by atoms with Crippen molar-refractivity contribution in [2.45, 2.75) is 31.8 Å². The van der Waals surface area contributed by atoms with Crippen LogP contribution in [0.25, 0.3) is 0 Å². The van der Waals surface area contributed by atoms with Gasteiger partial charge in [0.15, 0.2) is 0 Å². The lowest BCUT2D eigenvalue weighted by atomic mass is 9.92. The molecule has 0 aromatic rings. The predicted octanol–water partition coefficient (Wildman–Crippen LogP) is -0.263. The molecule has 110 valence electrons. The van der Waals surface area contributed by atoms with E-state index in [0.29, 0.717) is 12.0 Å². The summed E-state index contributed by atoms with van der Waals surface area (Å²) in [6, 6.07) is 0.432. The Bertz CT molecular complexity index is 310. The molecule has 3 unspecified atom stereocenters. The minimum atomic E-state index is 0.000348. The number of carbonyl (C=O) groups is 1. The van der Waals surface area contributed by atoms with E-state index in [0.717, 1.165) is 39.1 Å². The zero-order valence-corrected chi connectivity index (χ0v) is 12.5. The van der Waals surface area contributed by atoms with Crippen LogP contribution < -0.4 is 10.6 Å². The lowest BCUT2D eigenvalue weighted by Gasteiger charge is -2.38. The first kappa shape index (κ1) is 14.8. The summed E-state index contributed by atoms with van der Waals surface area (Å²) in [6.45, 7) is 7.11. The van der Waals surface area contributed by atoms with Crippen LogP contribution in [0, 0.1) is 5.92 Å². The zero-order chi connectivity index (χ0) is 13.8. The summed E-state index contributed by atoms with van der Waals surface area (Å²) in [5.41, 5.74) is 0. The standard InChI is InChI=1S/C14H28N4O/c1-11-5-4-6-15-13(11)14(19)16-9-12-10-17(2)7-8-18(12)3/h11-13,15H,4-10H2,1-3H3,(H,16,19). The maximum atomic E-state index is 12.2. The van der Waals surface area contributed by atoms with Gasteiger partial charge in [-0.15, -0.1) is 0 Å². The van der Waals surface area contributed by atoms with Gasteiger partial charge in [-0.05, 0) is 39.4 Å². The molecule has 0 aromatic carbocycles. The highest BCUT2D eigenvalue weighted by Gasteiger charge is 2.28. The van der Waals surface area contributed by atoms with Crippen molar-refractivity contribution >= 4 is 5.91 Å². The number of amides is 1. The number of rotatable bonds is 3. The molecule has 2 saturated heterocycles. The maximum absolute atomic E-state index is 12.2. The van der Waals surface area contributed by atoms with Crippen molar-refractivity contribution in [3.8, 4) is 0 Å². The minimum absolute atomic E-state index is 0.000348. The highest BCUT2D eigenvalue weighted by Crippen LogP contribution is 2.15. The Hall–Kier alpha value is -0.650. The van der Waals surface area contributed by atoms with E-state index in [1.54, 1.807) is 0 Å². The van der Waals surface area contributed by atoms with E-state index in [4.69, 9.17) is 0 Å². The summed E-state index contributed by atoms with van der Waals surface area (Å²) >= 11 is 0. The number of piperidine rings is 1. The number of hydrogen-bond acceptors (Lipinski definition) is 4. The fraction of sp³-hybridized carbons (Fsp3) is 0.929. The predicted molar refractivity (Wildman–Crippen MR) is 77.1 cm³/mol. The molecule has 0 radical (unpaired) electrons. The fourth-order valence-electron chi connectivity index (χ4n) is 3.05. The third-order valence-corrected chi connectivity index (χ3v) is 4.54. The highest BCUT2D eigenvalue weighted by atomic mass is 16.2. The summed E-state index contributed by atoms with van der Waals surface area (Å²) in [7, 11) is 4.29. The van der Waals surface area contributed by atoms with Gasteiger partial charge < -0.3 is 15.5 Å². The van der Waals surface area contributed by atoms with Gasteiger partial charge in [0.2, 0.25) is 5.91 Å². The monoisotopic (exact) mass is 268 g/mol. The van der Waals surface area contributed by atoms with Gasteiger partial charge in [-0.1, -0.05) is 6.92 Å². The summed E-state index contributed by atoms with van der Waals surface area (Å²) < 4.78 is 0. The summed E-state index contributed by atoms with van der Waals surface area (Å²) in [5.74, 6) is 0.620. The normalized spacial score (nSPS) is 34.2. The molecule has 0 aromatic heterocycles. The van der Waals surface area contributed by atoms with Crippen molar-refractivity contribution in [3.05, 3.63) is 0 Å². The average molecular weight is 268 g/mol. The second-order valence-electron chi connectivity index (χ2n) is 6.19. The molecule has 2 fully saturated rings. The molecule has 2 heterocycles. The van der Waals surface area contributed by atoms with Gasteiger partial charge in [-0.2, -0.15) is 0 Å². The Labute approximate surface area is 116 Å². The van der Waals surface area contributed by atoms with Gasteiger partial charge in [0.1, 0.15) is 0 Å². The van der Waals surface area contributed by atoms with Gasteiger partial charge >= 0.3 is 0 Å². The summed E-state index contributed by atoms with van der Waals surface area (Å²) in [4.78, 5) is 16.9.